The Hall–Kier alpha value is -1.96. The van der Waals surface area contributed by atoms with Crippen molar-refractivity contribution in [3.63, 3.8) is 0 Å². The minimum atomic E-state index is -4.33. The van der Waals surface area contributed by atoms with Crippen molar-refractivity contribution < 1.29 is 18.3 Å². The molecule has 3 rings (SSSR count). The summed E-state index contributed by atoms with van der Waals surface area (Å²) < 4.78 is 37.8. The van der Waals surface area contributed by atoms with E-state index in [0.29, 0.717) is 42.6 Å². The van der Waals surface area contributed by atoms with Crippen LogP contribution >= 0.6 is 11.3 Å². The van der Waals surface area contributed by atoms with Gasteiger partial charge in [0.1, 0.15) is 10.6 Å². The van der Waals surface area contributed by atoms with Crippen molar-refractivity contribution in [2.45, 2.75) is 6.18 Å². The molecule has 118 valence electrons. The molecule has 0 unspecified atom stereocenters. The zero-order valence-electron chi connectivity index (χ0n) is 11.5. The minimum Gasteiger partial charge on any atom is -0.508 e. The highest BCUT2D eigenvalue weighted by Crippen LogP contribution is 2.36. The van der Waals surface area contributed by atoms with Gasteiger partial charge in [0.05, 0.1) is 6.20 Å². The summed E-state index contributed by atoms with van der Waals surface area (Å²) in [7, 11) is 0. The summed E-state index contributed by atoms with van der Waals surface area (Å²) in [5, 5.41) is 9.70. The number of hydrogen-bond donors (Lipinski definition) is 1. The standard InChI is InChI=1S/C14H14F3N3OS/c15-14(16,17)12-9-18-13(22-12)20-7-5-19(6-8-20)10-1-3-11(21)4-2-10/h1-4,9,21H,5-8H2. The zero-order valence-corrected chi connectivity index (χ0v) is 12.4. The Morgan fingerprint density at radius 2 is 1.59 bits per heavy atom. The number of hydrogen-bond acceptors (Lipinski definition) is 5. The monoisotopic (exact) mass is 329 g/mol. The first-order valence-electron chi connectivity index (χ1n) is 6.75. The summed E-state index contributed by atoms with van der Waals surface area (Å²) >= 11 is 0.684. The molecule has 8 heteroatoms. The summed E-state index contributed by atoms with van der Waals surface area (Å²) in [5.74, 6) is 0.213. The summed E-state index contributed by atoms with van der Waals surface area (Å²) in [6, 6.07) is 6.91. The molecule has 1 saturated heterocycles. The number of thiazole rings is 1. The Labute approximate surface area is 129 Å². The van der Waals surface area contributed by atoms with Crippen LogP contribution in [0.2, 0.25) is 0 Å². The summed E-state index contributed by atoms with van der Waals surface area (Å²) in [4.78, 5) is 7.23. The number of halogens is 3. The van der Waals surface area contributed by atoms with Crippen molar-refractivity contribution in [1.29, 1.82) is 0 Å². The van der Waals surface area contributed by atoms with Crippen molar-refractivity contribution in [2.75, 3.05) is 36.0 Å². The smallest absolute Gasteiger partial charge is 0.427 e. The third-order valence-electron chi connectivity index (χ3n) is 3.54. The van der Waals surface area contributed by atoms with E-state index < -0.39 is 11.1 Å². The van der Waals surface area contributed by atoms with Gasteiger partial charge in [0.15, 0.2) is 5.13 Å². The molecule has 2 heterocycles. The molecule has 0 bridgehead atoms. The van der Waals surface area contributed by atoms with Crippen LogP contribution in [0.4, 0.5) is 24.0 Å². The fourth-order valence-corrected chi connectivity index (χ4v) is 3.20. The van der Waals surface area contributed by atoms with Gasteiger partial charge in [-0.2, -0.15) is 13.2 Å². The molecule has 1 N–H and O–H groups in total. The van der Waals surface area contributed by atoms with Gasteiger partial charge in [-0.3, -0.25) is 0 Å². The van der Waals surface area contributed by atoms with Gasteiger partial charge < -0.3 is 14.9 Å². The van der Waals surface area contributed by atoms with Crippen LogP contribution in [0.1, 0.15) is 4.88 Å². The second kappa shape index (κ2) is 5.68. The minimum absolute atomic E-state index is 0.213. The maximum absolute atomic E-state index is 12.6. The highest BCUT2D eigenvalue weighted by Gasteiger charge is 2.34. The van der Waals surface area contributed by atoms with Crippen LogP contribution in [-0.4, -0.2) is 36.3 Å². The van der Waals surface area contributed by atoms with Crippen LogP contribution < -0.4 is 9.80 Å². The average molecular weight is 329 g/mol. The van der Waals surface area contributed by atoms with Crippen LogP contribution in [0, 0.1) is 0 Å². The first kappa shape index (κ1) is 15.0. The Morgan fingerprint density at radius 1 is 1.00 bits per heavy atom. The van der Waals surface area contributed by atoms with E-state index in [4.69, 9.17) is 0 Å². The zero-order chi connectivity index (χ0) is 15.7. The van der Waals surface area contributed by atoms with E-state index in [1.54, 1.807) is 12.1 Å². The number of phenols is 1. The molecule has 0 radical (unpaired) electrons. The highest BCUT2D eigenvalue weighted by molar-refractivity contribution is 7.15. The van der Waals surface area contributed by atoms with Crippen LogP contribution in [0.25, 0.3) is 0 Å². The molecule has 0 saturated carbocycles. The van der Waals surface area contributed by atoms with Crippen LogP contribution in [0.5, 0.6) is 5.75 Å². The van der Waals surface area contributed by atoms with E-state index in [0.717, 1.165) is 11.9 Å². The normalized spacial score (nSPS) is 16.1. The number of nitrogens with zero attached hydrogens (tertiary/aromatic N) is 3. The Morgan fingerprint density at radius 3 is 2.14 bits per heavy atom. The SMILES string of the molecule is Oc1ccc(N2CCN(c3ncc(C(F)(F)F)s3)CC2)cc1. The third kappa shape index (κ3) is 3.11. The van der Waals surface area contributed by atoms with Gasteiger partial charge >= 0.3 is 6.18 Å². The van der Waals surface area contributed by atoms with Crippen molar-refractivity contribution in [2.24, 2.45) is 0 Å². The average Bonchev–Trinajstić information content (AvgIpc) is 2.98. The van der Waals surface area contributed by atoms with Gasteiger partial charge in [-0.1, -0.05) is 11.3 Å². The fourth-order valence-electron chi connectivity index (χ4n) is 2.36. The molecule has 0 spiro atoms. The molecule has 22 heavy (non-hydrogen) atoms. The molecule has 1 fully saturated rings. The molecule has 4 nitrogen and oxygen atoms in total. The topological polar surface area (TPSA) is 39.6 Å². The van der Waals surface area contributed by atoms with Crippen molar-refractivity contribution in [3.05, 3.63) is 35.3 Å². The number of anilines is 2. The first-order chi connectivity index (χ1) is 10.4. The van der Waals surface area contributed by atoms with E-state index in [2.05, 4.69) is 9.88 Å². The van der Waals surface area contributed by atoms with E-state index in [9.17, 15) is 18.3 Å². The summed E-state index contributed by atoms with van der Waals surface area (Å²) in [5.41, 5.74) is 0.993. The Kier molecular flexibility index (Phi) is 3.86. The predicted molar refractivity (Wildman–Crippen MR) is 79.6 cm³/mol. The lowest BCUT2D eigenvalue weighted by Gasteiger charge is -2.36. The second-order valence-electron chi connectivity index (χ2n) is 5.00. The van der Waals surface area contributed by atoms with Gasteiger partial charge in [-0.05, 0) is 24.3 Å². The molecular formula is C14H14F3N3OS. The number of alkyl halides is 3. The van der Waals surface area contributed by atoms with Gasteiger partial charge in [0.25, 0.3) is 0 Å². The quantitative estimate of drug-likeness (QED) is 0.918. The maximum Gasteiger partial charge on any atom is 0.427 e. The van der Waals surface area contributed by atoms with E-state index in [-0.39, 0.29) is 5.75 Å². The van der Waals surface area contributed by atoms with Crippen molar-refractivity contribution in [1.82, 2.24) is 4.98 Å². The third-order valence-corrected chi connectivity index (χ3v) is 4.64. The predicted octanol–water partition coefficient (Wildman–Crippen LogP) is 3.19. The van der Waals surface area contributed by atoms with Gasteiger partial charge in [-0.25, -0.2) is 4.98 Å². The van der Waals surface area contributed by atoms with Crippen LogP contribution in [0.3, 0.4) is 0 Å². The number of aromatic nitrogens is 1. The second-order valence-corrected chi connectivity index (χ2v) is 6.00. The molecule has 0 atom stereocenters. The highest BCUT2D eigenvalue weighted by atomic mass is 32.1. The molecule has 1 aliphatic rings. The maximum atomic E-state index is 12.6. The number of aromatic hydroxyl groups is 1. The molecule has 0 aliphatic carbocycles. The van der Waals surface area contributed by atoms with E-state index >= 15 is 0 Å². The molecular weight excluding hydrogens is 315 g/mol. The molecule has 2 aromatic rings. The lowest BCUT2D eigenvalue weighted by Crippen LogP contribution is -2.46. The van der Waals surface area contributed by atoms with Crippen molar-refractivity contribution >= 4 is 22.2 Å². The molecule has 1 aliphatic heterocycles. The van der Waals surface area contributed by atoms with Crippen molar-refractivity contribution in [3.8, 4) is 5.75 Å². The van der Waals surface area contributed by atoms with Crippen LogP contribution in [-0.2, 0) is 6.18 Å². The van der Waals surface area contributed by atoms with Gasteiger partial charge in [0.2, 0.25) is 0 Å². The fraction of sp³-hybridized carbons (Fsp3) is 0.357. The Bertz CT molecular complexity index is 634. The van der Waals surface area contributed by atoms with E-state index in [1.807, 2.05) is 17.0 Å². The number of rotatable bonds is 2. The lowest BCUT2D eigenvalue weighted by molar-refractivity contribution is -0.134. The lowest BCUT2D eigenvalue weighted by atomic mass is 10.2. The summed E-state index contributed by atoms with van der Waals surface area (Å²) in [6.45, 7) is 2.63. The summed E-state index contributed by atoms with van der Waals surface area (Å²) in [6.07, 6.45) is -3.43. The number of phenolic OH excluding ortho intramolecular Hbond substituents is 1. The Balaban J connectivity index is 1.64. The molecule has 1 aromatic heterocycles. The van der Waals surface area contributed by atoms with Gasteiger partial charge in [0, 0.05) is 31.9 Å². The number of benzene rings is 1. The van der Waals surface area contributed by atoms with Crippen LogP contribution in [0.15, 0.2) is 30.5 Å². The van der Waals surface area contributed by atoms with Gasteiger partial charge in [-0.15, -0.1) is 0 Å². The largest absolute Gasteiger partial charge is 0.508 e. The van der Waals surface area contributed by atoms with E-state index in [1.165, 1.54) is 0 Å². The molecule has 1 aromatic carbocycles. The molecule has 0 amide bonds. The number of piperazine rings is 1. The first-order valence-corrected chi connectivity index (χ1v) is 7.57.